The molecule has 0 aromatic heterocycles. The van der Waals surface area contributed by atoms with Crippen LogP contribution in [0.2, 0.25) is 0 Å². The lowest BCUT2D eigenvalue weighted by molar-refractivity contribution is 0.0445. The van der Waals surface area contributed by atoms with Gasteiger partial charge in [0.05, 0.1) is 0 Å². The minimum Gasteiger partial charge on any atom is -0.329 e. The van der Waals surface area contributed by atoms with Gasteiger partial charge in [0.15, 0.2) is 0 Å². The van der Waals surface area contributed by atoms with Crippen molar-refractivity contribution >= 4 is 0 Å². The molecule has 1 heterocycles. The van der Waals surface area contributed by atoms with Crippen LogP contribution in [0.4, 0.5) is 0 Å². The van der Waals surface area contributed by atoms with Crippen molar-refractivity contribution < 1.29 is 0 Å². The van der Waals surface area contributed by atoms with Crippen LogP contribution >= 0.6 is 0 Å². The van der Waals surface area contributed by atoms with Crippen molar-refractivity contribution in [3.8, 4) is 0 Å². The summed E-state index contributed by atoms with van der Waals surface area (Å²) in [5.74, 6) is 0. The van der Waals surface area contributed by atoms with Gasteiger partial charge in [-0.15, -0.1) is 0 Å². The van der Waals surface area contributed by atoms with E-state index < -0.39 is 0 Å². The van der Waals surface area contributed by atoms with Gasteiger partial charge in [0.2, 0.25) is 0 Å². The predicted octanol–water partition coefficient (Wildman–Crippen LogP) is 1.92. The van der Waals surface area contributed by atoms with Crippen molar-refractivity contribution in [3.63, 3.8) is 0 Å². The zero-order chi connectivity index (χ0) is 12.9. The Hall–Kier alpha value is -0.120. The summed E-state index contributed by atoms with van der Waals surface area (Å²) in [5, 5.41) is 0. The van der Waals surface area contributed by atoms with Crippen LogP contribution in [0.3, 0.4) is 0 Å². The number of nitrogens with two attached hydrogens (primary N) is 1. The molecule has 0 aromatic carbocycles. The fraction of sp³-hybridized carbons (Fsp3) is 1.00. The first-order valence-corrected chi connectivity index (χ1v) is 7.22. The van der Waals surface area contributed by atoms with Gasteiger partial charge in [0, 0.05) is 18.1 Å². The predicted molar refractivity (Wildman–Crippen MR) is 75.3 cm³/mol. The van der Waals surface area contributed by atoms with Crippen molar-refractivity contribution in [3.05, 3.63) is 0 Å². The molecule has 3 heteroatoms. The van der Waals surface area contributed by atoms with Gasteiger partial charge in [-0.1, -0.05) is 20.3 Å². The third-order valence-electron chi connectivity index (χ3n) is 4.63. The molecule has 3 nitrogen and oxygen atoms in total. The highest BCUT2D eigenvalue weighted by molar-refractivity contribution is 4.91. The van der Waals surface area contributed by atoms with E-state index in [0.29, 0.717) is 0 Å². The van der Waals surface area contributed by atoms with Crippen LogP contribution in [0.25, 0.3) is 0 Å². The molecule has 1 saturated heterocycles. The number of piperidine rings is 1. The summed E-state index contributed by atoms with van der Waals surface area (Å²) in [6, 6.07) is 0.720. The Morgan fingerprint density at radius 3 is 2.29 bits per heavy atom. The highest BCUT2D eigenvalue weighted by atomic mass is 15.2. The molecule has 102 valence electrons. The third-order valence-corrected chi connectivity index (χ3v) is 4.63. The van der Waals surface area contributed by atoms with Gasteiger partial charge in [0.1, 0.15) is 0 Å². The van der Waals surface area contributed by atoms with E-state index in [-0.39, 0.29) is 5.54 Å². The maximum absolute atomic E-state index is 6.00. The van der Waals surface area contributed by atoms with Gasteiger partial charge >= 0.3 is 0 Å². The smallest absolute Gasteiger partial charge is 0.0303 e. The molecule has 0 bridgehead atoms. The Morgan fingerprint density at radius 2 is 1.88 bits per heavy atom. The van der Waals surface area contributed by atoms with E-state index in [0.717, 1.165) is 12.6 Å². The number of rotatable bonds is 6. The zero-order valence-electron chi connectivity index (χ0n) is 12.2. The molecular formula is C14H31N3. The van der Waals surface area contributed by atoms with E-state index in [2.05, 4.69) is 37.6 Å². The van der Waals surface area contributed by atoms with E-state index in [1.165, 1.54) is 45.3 Å². The van der Waals surface area contributed by atoms with Gasteiger partial charge in [-0.25, -0.2) is 0 Å². The first-order chi connectivity index (χ1) is 8.07. The highest BCUT2D eigenvalue weighted by Crippen LogP contribution is 2.26. The lowest BCUT2D eigenvalue weighted by Crippen LogP contribution is -2.56. The summed E-state index contributed by atoms with van der Waals surface area (Å²) in [4.78, 5) is 5.10. The molecule has 1 unspecified atom stereocenters. The van der Waals surface area contributed by atoms with Crippen LogP contribution in [0, 0.1) is 0 Å². The Labute approximate surface area is 107 Å². The van der Waals surface area contributed by atoms with Crippen molar-refractivity contribution in [2.24, 2.45) is 5.73 Å². The first-order valence-electron chi connectivity index (χ1n) is 7.22. The van der Waals surface area contributed by atoms with Gasteiger partial charge in [0.25, 0.3) is 0 Å². The number of likely N-dealkylation sites (N-methyl/N-ethyl adjacent to an activating group) is 1. The lowest BCUT2D eigenvalue weighted by atomic mass is 9.90. The van der Waals surface area contributed by atoms with E-state index in [9.17, 15) is 0 Å². The summed E-state index contributed by atoms with van der Waals surface area (Å²) in [7, 11) is 2.27. The molecule has 0 saturated carbocycles. The summed E-state index contributed by atoms with van der Waals surface area (Å²) in [6.45, 7) is 11.3. The Kier molecular flexibility index (Phi) is 5.90. The van der Waals surface area contributed by atoms with Gasteiger partial charge in [-0.05, 0) is 52.9 Å². The molecule has 1 atom stereocenters. The topological polar surface area (TPSA) is 32.5 Å². The number of nitrogens with zero attached hydrogens (tertiary/aromatic N) is 2. The third kappa shape index (κ3) is 3.67. The molecule has 1 fully saturated rings. The van der Waals surface area contributed by atoms with Crippen LogP contribution in [-0.4, -0.2) is 54.6 Å². The minimum atomic E-state index is 0.188. The standard InChI is InChI=1S/C14H31N3/c1-5-9-14(3,12-15)16(4)13-7-10-17(6-2)11-8-13/h13H,5-12,15H2,1-4H3. The van der Waals surface area contributed by atoms with E-state index in [4.69, 9.17) is 5.73 Å². The van der Waals surface area contributed by atoms with E-state index in [1.807, 2.05) is 0 Å². The second-order valence-corrected chi connectivity index (χ2v) is 5.73. The highest BCUT2D eigenvalue weighted by Gasteiger charge is 2.33. The molecule has 1 rings (SSSR count). The Morgan fingerprint density at radius 1 is 1.29 bits per heavy atom. The van der Waals surface area contributed by atoms with Crippen LogP contribution < -0.4 is 5.73 Å². The zero-order valence-corrected chi connectivity index (χ0v) is 12.2. The molecule has 0 spiro atoms. The Balaban J connectivity index is 2.54. The molecule has 0 aliphatic carbocycles. The SMILES string of the molecule is CCCC(C)(CN)N(C)C1CCN(CC)CC1. The average Bonchev–Trinajstić information content (AvgIpc) is 2.38. The van der Waals surface area contributed by atoms with Gasteiger partial charge < -0.3 is 10.6 Å². The van der Waals surface area contributed by atoms with Gasteiger partial charge in [-0.3, -0.25) is 4.90 Å². The summed E-state index contributed by atoms with van der Waals surface area (Å²) >= 11 is 0. The normalized spacial score (nSPS) is 22.9. The second-order valence-electron chi connectivity index (χ2n) is 5.73. The molecule has 1 aliphatic rings. The fourth-order valence-corrected chi connectivity index (χ4v) is 3.02. The lowest BCUT2D eigenvalue weighted by Gasteiger charge is -2.46. The fourth-order valence-electron chi connectivity index (χ4n) is 3.02. The number of hydrogen-bond donors (Lipinski definition) is 1. The van der Waals surface area contributed by atoms with Gasteiger partial charge in [-0.2, -0.15) is 0 Å². The maximum Gasteiger partial charge on any atom is 0.0303 e. The van der Waals surface area contributed by atoms with Crippen molar-refractivity contribution in [2.45, 2.75) is 58.0 Å². The second kappa shape index (κ2) is 6.72. The minimum absolute atomic E-state index is 0.188. The number of hydrogen-bond acceptors (Lipinski definition) is 3. The molecule has 0 amide bonds. The molecule has 0 aromatic rings. The molecule has 2 N–H and O–H groups in total. The average molecular weight is 241 g/mol. The summed E-state index contributed by atoms with van der Waals surface area (Å²) < 4.78 is 0. The maximum atomic E-state index is 6.00. The Bertz CT molecular complexity index is 212. The molecule has 17 heavy (non-hydrogen) atoms. The molecular weight excluding hydrogens is 210 g/mol. The van der Waals surface area contributed by atoms with Crippen molar-refractivity contribution in [1.29, 1.82) is 0 Å². The molecule has 1 aliphatic heterocycles. The van der Waals surface area contributed by atoms with Crippen LogP contribution in [0.1, 0.15) is 46.5 Å². The van der Waals surface area contributed by atoms with Crippen molar-refractivity contribution in [1.82, 2.24) is 9.80 Å². The molecule has 0 radical (unpaired) electrons. The number of likely N-dealkylation sites (tertiary alicyclic amines) is 1. The largest absolute Gasteiger partial charge is 0.329 e. The van der Waals surface area contributed by atoms with Crippen LogP contribution in [0.15, 0.2) is 0 Å². The van der Waals surface area contributed by atoms with Crippen LogP contribution in [-0.2, 0) is 0 Å². The van der Waals surface area contributed by atoms with E-state index in [1.54, 1.807) is 0 Å². The van der Waals surface area contributed by atoms with E-state index >= 15 is 0 Å². The summed E-state index contributed by atoms with van der Waals surface area (Å²) in [6.07, 6.45) is 5.01. The first kappa shape index (κ1) is 14.9. The monoisotopic (exact) mass is 241 g/mol. The van der Waals surface area contributed by atoms with Crippen LogP contribution in [0.5, 0.6) is 0 Å². The quantitative estimate of drug-likeness (QED) is 0.771. The summed E-state index contributed by atoms with van der Waals surface area (Å²) in [5.41, 5.74) is 6.19. The van der Waals surface area contributed by atoms with Crippen molar-refractivity contribution in [2.75, 3.05) is 33.2 Å².